The molecule has 2 aromatic carbocycles. The van der Waals surface area contributed by atoms with Crippen molar-refractivity contribution in [3.05, 3.63) is 46.6 Å². The Labute approximate surface area is 311 Å². The summed E-state index contributed by atoms with van der Waals surface area (Å²) in [5.74, 6) is -5.69. The normalized spacial score (nSPS) is 36.1. The Hall–Kier alpha value is -4.73. The van der Waals surface area contributed by atoms with Crippen molar-refractivity contribution in [3.8, 4) is 34.3 Å². The van der Waals surface area contributed by atoms with Crippen LogP contribution in [0.15, 0.2) is 45.6 Å². The first kappa shape index (κ1) is 40.9. The molecule has 23 nitrogen and oxygen atoms in total. The van der Waals surface area contributed by atoms with Crippen molar-refractivity contribution in [2.75, 3.05) is 6.61 Å². The van der Waals surface area contributed by atoms with Crippen LogP contribution in [0.3, 0.4) is 0 Å². The summed E-state index contributed by atoms with van der Waals surface area (Å²) < 4.78 is 38.4. The lowest BCUT2D eigenvalue weighted by molar-refractivity contribution is -0.280. The average Bonchev–Trinajstić information content (AvgIpc) is 3.15. The van der Waals surface area contributed by atoms with Crippen LogP contribution in [0.1, 0.15) is 0 Å². The molecule has 1 aromatic heterocycles. The number of aliphatic carboxylic acids is 2. The molecule has 0 radical (unpaired) electrons. The summed E-state index contributed by atoms with van der Waals surface area (Å²) in [7, 11) is 0. The Morgan fingerprint density at radius 3 is 1.68 bits per heavy atom. The molecule has 4 heterocycles. The lowest BCUT2D eigenvalue weighted by Crippen LogP contribution is -2.61. The highest BCUT2D eigenvalue weighted by atomic mass is 16.7. The summed E-state index contributed by atoms with van der Waals surface area (Å²) in [5, 5.41) is 131. The number of carboxylic acid groups (broad SMARTS) is 2. The van der Waals surface area contributed by atoms with Gasteiger partial charge in [-0.2, -0.15) is 0 Å². The third kappa shape index (κ3) is 7.68. The number of carbonyl (C=O) groups is 2. The van der Waals surface area contributed by atoms with E-state index in [2.05, 4.69) is 0 Å². The Bertz CT molecular complexity index is 1980. The van der Waals surface area contributed by atoms with Crippen LogP contribution in [0.5, 0.6) is 23.0 Å². The molecule has 306 valence electrons. The van der Waals surface area contributed by atoms with Gasteiger partial charge in [0.05, 0.1) is 6.61 Å². The molecule has 3 aromatic rings. The van der Waals surface area contributed by atoms with Crippen molar-refractivity contribution in [1.29, 1.82) is 0 Å². The monoisotopic (exact) mass is 800 g/mol. The van der Waals surface area contributed by atoms with Gasteiger partial charge in [-0.15, -0.1) is 0 Å². The number of phenols is 1. The summed E-state index contributed by atoms with van der Waals surface area (Å²) in [6.45, 7) is -0.845. The smallest absolute Gasteiger partial charge is 0.335 e. The minimum Gasteiger partial charge on any atom is -0.507 e. The molecule has 23 heteroatoms. The second-order valence-electron chi connectivity index (χ2n) is 13.0. The maximum absolute atomic E-state index is 13.3. The molecule has 0 unspecified atom stereocenters. The molecule has 3 saturated heterocycles. The van der Waals surface area contributed by atoms with Crippen molar-refractivity contribution in [2.24, 2.45) is 0 Å². The fraction of sp³-hybridized carbons (Fsp3) is 0.485. The van der Waals surface area contributed by atoms with Crippen molar-refractivity contribution in [3.63, 3.8) is 0 Å². The van der Waals surface area contributed by atoms with Gasteiger partial charge in [0.2, 0.25) is 18.9 Å². The topological polar surface area (TPSA) is 383 Å². The first-order valence-electron chi connectivity index (χ1n) is 16.5. The predicted molar refractivity (Wildman–Crippen MR) is 174 cm³/mol. The number of phenolic OH excluding ortho intramolecular Hbond substituents is 1. The molecule has 0 saturated carbocycles. The number of rotatable bonds is 10. The first-order valence-corrected chi connectivity index (χ1v) is 16.5. The number of hydrogen-bond acceptors (Lipinski definition) is 21. The number of hydrogen-bond donors (Lipinski definition) is 13. The summed E-state index contributed by atoms with van der Waals surface area (Å²) in [4.78, 5) is 36.4. The molecule has 3 aliphatic rings. The summed E-state index contributed by atoms with van der Waals surface area (Å²) in [5.41, 5.74) is -1.25. The zero-order chi connectivity index (χ0) is 40.9. The Morgan fingerprint density at radius 2 is 1.12 bits per heavy atom. The van der Waals surface area contributed by atoms with E-state index in [0.29, 0.717) is 0 Å². The zero-order valence-corrected chi connectivity index (χ0v) is 28.2. The quantitative estimate of drug-likeness (QED) is 0.0912. The fourth-order valence-corrected chi connectivity index (χ4v) is 6.15. The second kappa shape index (κ2) is 16.0. The molecule has 56 heavy (non-hydrogen) atoms. The summed E-state index contributed by atoms with van der Waals surface area (Å²) in [6.07, 6.45) is -29.2. The lowest BCUT2D eigenvalue weighted by Gasteiger charge is -2.40. The van der Waals surface area contributed by atoms with E-state index >= 15 is 0 Å². The van der Waals surface area contributed by atoms with Gasteiger partial charge in [-0.05, 0) is 18.2 Å². The average molecular weight is 801 g/mol. The number of carboxylic acids is 2. The van der Waals surface area contributed by atoms with Crippen molar-refractivity contribution in [1.82, 2.24) is 0 Å². The highest BCUT2D eigenvalue weighted by Gasteiger charge is 2.50. The van der Waals surface area contributed by atoms with Crippen molar-refractivity contribution < 1.29 is 109 Å². The largest absolute Gasteiger partial charge is 0.507 e. The van der Waals surface area contributed by atoms with Gasteiger partial charge < -0.3 is 99.2 Å². The molecule has 15 atom stereocenters. The minimum atomic E-state index is -2.08. The number of aliphatic hydroxyl groups excluding tert-OH is 10. The predicted octanol–water partition coefficient (Wildman–Crippen LogP) is -5.11. The molecule has 13 N–H and O–H groups in total. The molecular weight excluding hydrogens is 764 g/mol. The standard InChI is InChI=1S/C33H36O23/c34-7-16-18(37)19(38)24(43)32(54-16)53-14-3-8(1-2-12(14)52-33-26(45)21(40)23(42)28(56-33)30(48)49)13-6-11(36)17-10(35)4-9(5-15(17)51-13)50-31-25(44)20(39)22(41)27(55-31)29(46)47/h1-6,16,18-28,31-35,37-45H,7H2,(H,46,47)(H,48,49)/t16-,18-,19-,20+,21+,22+,23+,24-,25-,26-,27-,28+,31+,32-,33+/m0/s1. The van der Waals surface area contributed by atoms with Crippen LogP contribution in [-0.4, -0.2) is 177 Å². The van der Waals surface area contributed by atoms with E-state index in [9.17, 15) is 80.8 Å². The number of fused-ring (bicyclic) bond motifs is 1. The van der Waals surface area contributed by atoms with Crippen LogP contribution in [-0.2, 0) is 23.8 Å². The Morgan fingerprint density at radius 1 is 0.607 bits per heavy atom. The molecule has 6 rings (SSSR count). The molecule has 0 amide bonds. The second-order valence-corrected chi connectivity index (χ2v) is 13.0. The minimum absolute atomic E-state index is 0.0434. The van der Waals surface area contributed by atoms with Gasteiger partial charge in [0, 0.05) is 23.8 Å². The van der Waals surface area contributed by atoms with Gasteiger partial charge in [0.15, 0.2) is 29.1 Å². The number of benzene rings is 2. The zero-order valence-electron chi connectivity index (χ0n) is 28.2. The van der Waals surface area contributed by atoms with Gasteiger partial charge in [-0.3, -0.25) is 4.79 Å². The van der Waals surface area contributed by atoms with Crippen LogP contribution >= 0.6 is 0 Å². The van der Waals surface area contributed by atoms with Crippen LogP contribution < -0.4 is 19.6 Å². The number of aromatic hydroxyl groups is 1. The SMILES string of the molecule is O=C(O)[C@H]1O[C@@H](Oc2cc(O)c3c(=O)cc(-c4ccc(O[C@@H]5O[C@@H](C(=O)O)[C@H](O)[C@@H](O)[C@@H]5O)c(O[C@H]5O[C@@H](CO)[C@H](O)[C@H](O)[C@@H]5O)c4)oc3c2)[C@@H](O)[C@H](O)[C@H]1O. The Kier molecular flexibility index (Phi) is 11.7. The molecule has 0 aliphatic carbocycles. The maximum Gasteiger partial charge on any atom is 0.335 e. The molecule has 0 bridgehead atoms. The molecular formula is C33H36O23. The van der Waals surface area contributed by atoms with Gasteiger partial charge >= 0.3 is 11.9 Å². The molecule has 0 spiro atoms. The van der Waals surface area contributed by atoms with Gasteiger partial charge in [-0.25, -0.2) is 9.59 Å². The van der Waals surface area contributed by atoms with Crippen LogP contribution in [0.2, 0.25) is 0 Å². The van der Waals surface area contributed by atoms with E-state index in [1.165, 1.54) is 6.07 Å². The maximum atomic E-state index is 13.3. The van der Waals surface area contributed by atoms with Crippen molar-refractivity contribution in [2.45, 2.75) is 92.1 Å². The fourth-order valence-electron chi connectivity index (χ4n) is 6.15. The third-order valence-corrected chi connectivity index (χ3v) is 9.22. The van der Waals surface area contributed by atoms with E-state index in [4.69, 9.17) is 32.8 Å². The summed E-state index contributed by atoms with van der Waals surface area (Å²) >= 11 is 0. The van der Waals surface area contributed by atoms with Gasteiger partial charge in [0.1, 0.15) is 89.3 Å². The highest BCUT2D eigenvalue weighted by molar-refractivity contribution is 5.86. The van der Waals surface area contributed by atoms with E-state index in [0.717, 1.165) is 30.3 Å². The number of aliphatic hydroxyl groups is 10. The van der Waals surface area contributed by atoms with E-state index in [-0.39, 0.29) is 28.0 Å². The number of ether oxygens (including phenoxy) is 6. The first-order chi connectivity index (χ1) is 26.4. The van der Waals surface area contributed by atoms with Gasteiger partial charge in [-0.1, -0.05) is 0 Å². The Balaban J connectivity index is 1.37. The van der Waals surface area contributed by atoms with Crippen LogP contribution in [0.25, 0.3) is 22.3 Å². The van der Waals surface area contributed by atoms with Crippen LogP contribution in [0, 0.1) is 0 Å². The molecule has 3 fully saturated rings. The third-order valence-electron chi connectivity index (χ3n) is 9.22. The lowest BCUT2D eigenvalue weighted by atomic mass is 9.99. The van der Waals surface area contributed by atoms with E-state index in [1.54, 1.807) is 0 Å². The highest BCUT2D eigenvalue weighted by Crippen LogP contribution is 2.39. The summed E-state index contributed by atoms with van der Waals surface area (Å²) in [6, 6.07) is 6.25. The van der Waals surface area contributed by atoms with Crippen molar-refractivity contribution >= 4 is 22.9 Å². The molecule has 3 aliphatic heterocycles. The van der Waals surface area contributed by atoms with E-state index < -0.39 is 133 Å². The van der Waals surface area contributed by atoms with Crippen LogP contribution in [0.4, 0.5) is 0 Å². The van der Waals surface area contributed by atoms with E-state index in [1.807, 2.05) is 0 Å². The van der Waals surface area contributed by atoms with Gasteiger partial charge in [0.25, 0.3) is 0 Å².